The van der Waals surface area contributed by atoms with Crippen LogP contribution in [0.25, 0.3) is 0 Å². The van der Waals surface area contributed by atoms with Crippen molar-refractivity contribution in [1.82, 2.24) is 10.2 Å². The van der Waals surface area contributed by atoms with Gasteiger partial charge in [-0.25, -0.2) is 0 Å². The average molecular weight is 248 g/mol. The Labute approximate surface area is 112 Å². The van der Waals surface area contributed by atoms with E-state index < -0.39 is 0 Å². The summed E-state index contributed by atoms with van der Waals surface area (Å²) in [6, 6.07) is 1.53. The highest BCUT2D eigenvalue weighted by atomic mass is 15.2. The van der Waals surface area contributed by atoms with E-state index in [0.29, 0.717) is 6.04 Å². The van der Waals surface area contributed by atoms with E-state index in [1.54, 1.807) is 5.57 Å². The van der Waals surface area contributed by atoms with Gasteiger partial charge in [-0.05, 0) is 64.5 Å². The van der Waals surface area contributed by atoms with Gasteiger partial charge in [0.2, 0.25) is 0 Å². The topological polar surface area (TPSA) is 15.3 Å². The third kappa shape index (κ3) is 2.65. The van der Waals surface area contributed by atoms with Gasteiger partial charge in [-0.1, -0.05) is 18.1 Å². The predicted molar refractivity (Wildman–Crippen MR) is 76.7 cm³/mol. The maximum atomic E-state index is 3.78. The van der Waals surface area contributed by atoms with Gasteiger partial charge in [0.05, 0.1) is 0 Å². The highest BCUT2D eigenvalue weighted by molar-refractivity contribution is 5.18. The molecule has 2 heteroatoms. The first kappa shape index (κ1) is 12.7. The lowest BCUT2D eigenvalue weighted by atomic mass is 9.79. The first-order valence-electron chi connectivity index (χ1n) is 8.01. The molecule has 3 unspecified atom stereocenters. The predicted octanol–water partition coefficient (Wildman–Crippen LogP) is 2.95. The van der Waals surface area contributed by atoms with E-state index in [1.165, 1.54) is 64.6 Å². The van der Waals surface area contributed by atoms with E-state index in [1.807, 2.05) is 0 Å². The molecule has 2 nitrogen and oxygen atoms in total. The van der Waals surface area contributed by atoms with Crippen LogP contribution in [0.3, 0.4) is 0 Å². The molecule has 2 heterocycles. The molecule has 3 atom stereocenters. The molecular formula is C16H28N2. The quantitative estimate of drug-likeness (QED) is 0.756. The number of piperidine rings is 2. The molecule has 0 radical (unpaired) electrons. The van der Waals surface area contributed by atoms with Gasteiger partial charge in [-0.2, -0.15) is 0 Å². The summed E-state index contributed by atoms with van der Waals surface area (Å²) in [5.74, 6) is 0.867. The summed E-state index contributed by atoms with van der Waals surface area (Å²) in [5.41, 5.74) is 1.72. The summed E-state index contributed by atoms with van der Waals surface area (Å²) < 4.78 is 0. The zero-order valence-electron chi connectivity index (χ0n) is 11.8. The number of nitrogens with one attached hydrogen (secondary N) is 1. The summed E-state index contributed by atoms with van der Waals surface area (Å²) in [6.07, 6.45) is 12.2. The van der Waals surface area contributed by atoms with Crippen molar-refractivity contribution in [3.8, 4) is 0 Å². The Morgan fingerprint density at radius 1 is 1.28 bits per heavy atom. The number of hydrogen-bond acceptors (Lipinski definition) is 2. The zero-order valence-corrected chi connectivity index (χ0v) is 11.8. The van der Waals surface area contributed by atoms with Gasteiger partial charge in [0.1, 0.15) is 0 Å². The van der Waals surface area contributed by atoms with E-state index in [2.05, 4.69) is 23.2 Å². The smallest absolute Gasteiger partial charge is 0.0320 e. The van der Waals surface area contributed by atoms with Crippen molar-refractivity contribution < 1.29 is 0 Å². The first-order chi connectivity index (χ1) is 8.84. The molecule has 0 bridgehead atoms. The van der Waals surface area contributed by atoms with E-state index >= 15 is 0 Å². The number of fused-ring (bicyclic) bond motifs is 1. The number of allylic oxidation sites excluding steroid dienone is 1. The van der Waals surface area contributed by atoms with Crippen molar-refractivity contribution >= 4 is 0 Å². The second-order valence-electron chi connectivity index (χ2n) is 6.49. The van der Waals surface area contributed by atoms with Crippen molar-refractivity contribution in [2.75, 3.05) is 19.6 Å². The van der Waals surface area contributed by atoms with Crippen LogP contribution in [0.4, 0.5) is 0 Å². The third-order valence-corrected chi connectivity index (χ3v) is 5.23. The van der Waals surface area contributed by atoms with Gasteiger partial charge in [0.15, 0.2) is 0 Å². The van der Waals surface area contributed by atoms with Crippen molar-refractivity contribution in [3.63, 3.8) is 0 Å². The van der Waals surface area contributed by atoms with E-state index in [4.69, 9.17) is 0 Å². The molecule has 1 aliphatic carbocycles. The van der Waals surface area contributed by atoms with Crippen LogP contribution < -0.4 is 5.32 Å². The van der Waals surface area contributed by atoms with Crippen molar-refractivity contribution in [3.05, 3.63) is 11.6 Å². The second-order valence-corrected chi connectivity index (χ2v) is 6.49. The van der Waals surface area contributed by atoms with Gasteiger partial charge in [0, 0.05) is 18.6 Å². The number of nitrogens with zero attached hydrogens (tertiary/aromatic N) is 1. The van der Waals surface area contributed by atoms with Gasteiger partial charge >= 0.3 is 0 Å². The van der Waals surface area contributed by atoms with Crippen LogP contribution in [-0.4, -0.2) is 36.6 Å². The van der Waals surface area contributed by atoms with Crippen LogP contribution in [0, 0.1) is 5.92 Å². The van der Waals surface area contributed by atoms with E-state index in [9.17, 15) is 0 Å². The van der Waals surface area contributed by atoms with Gasteiger partial charge < -0.3 is 10.2 Å². The van der Waals surface area contributed by atoms with Gasteiger partial charge in [0.25, 0.3) is 0 Å². The highest BCUT2D eigenvalue weighted by Gasteiger charge is 2.32. The lowest BCUT2D eigenvalue weighted by Crippen LogP contribution is -2.49. The SMILES string of the molecule is CC1CCCCN1CC1CCC=C2CCCNC21. The molecule has 0 aromatic rings. The van der Waals surface area contributed by atoms with Crippen LogP contribution in [0.1, 0.15) is 51.9 Å². The lowest BCUT2D eigenvalue weighted by Gasteiger charge is -2.42. The molecule has 0 spiro atoms. The molecule has 2 fully saturated rings. The summed E-state index contributed by atoms with van der Waals surface area (Å²) in [5, 5.41) is 3.78. The van der Waals surface area contributed by atoms with E-state index in [0.717, 1.165) is 12.0 Å². The largest absolute Gasteiger partial charge is 0.310 e. The Kier molecular flexibility index (Phi) is 4.05. The first-order valence-corrected chi connectivity index (χ1v) is 8.01. The Bertz CT molecular complexity index is 310. The normalized spacial score (nSPS) is 38.1. The molecule has 2 aliphatic heterocycles. The minimum atomic E-state index is 0.710. The van der Waals surface area contributed by atoms with Crippen LogP contribution in [0.15, 0.2) is 11.6 Å². The van der Waals surface area contributed by atoms with Crippen LogP contribution in [-0.2, 0) is 0 Å². The molecule has 3 rings (SSSR count). The molecule has 0 aromatic carbocycles. The summed E-state index contributed by atoms with van der Waals surface area (Å²) in [4.78, 5) is 2.76. The highest BCUT2D eigenvalue weighted by Crippen LogP contribution is 2.31. The molecule has 2 saturated heterocycles. The van der Waals surface area contributed by atoms with Gasteiger partial charge in [-0.15, -0.1) is 0 Å². The minimum absolute atomic E-state index is 0.710. The molecular weight excluding hydrogens is 220 g/mol. The second kappa shape index (κ2) is 5.75. The molecule has 0 saturated carbocycles. The average Bonchev–Trinajstić information content (AvgIpc) is 2.42. The fraction of sp³-hybridized carbons (Fsp3) is 0.875. The fourth-order valence-electron chi connectivity index (χ4n) is 4.11. The Balaban J connectivity index is 1.63. The van der Waals surface area contributed by atoms with Crippen molar-refractivity contribution in [2.45, 2.75) is 64.0 Å². The number of rotatable bonds is 2. The summed E-state index contributed by atoms with van der Waals surface area (Å²) in [6.45, 7) is 6.32. The molecule has 0 aromatic heterocycles. The maximum absolute atomic E-state index is 3.78. The third-order valence-electron chi connectivity index (χ3n) is 5.23. The maximum Gasteiger partial charge on any atom is 0.0320 e. The fourth-order valence-corrected chi connectivity index (χ4v) is 4.11. The standard InChI is InChI=1S/C16H28N2/c1-13-6-2-3-11-18(13)12-15-8-4-7-14-9-5-10-17-16(14)15/h7,13,15-17H,2-6,8-12H2,1H3. The zero-order chi connectivity index (χ0) is 12.4. The van der Waals surface area contributed by atoms with Crippen molar-refractivity contribution in [2.24, 2.45) is 5.92 Å². The Hall–Kier alpha value is -0.340. The lowest BCUT2D eigenvalue weighted by molar-refractivity contribution is 0.119. The number of hydrogen-bond donors (Lipinski definition) is 1. The van der Waals surface area contributed by atoms with E-state index in [-0.39, 0.29) is 0 Å². The van der Waals surface area contributed by atoms with Crippen LogP contribution in [0.2, 0.25) is 0 Å². The molecule has 102 valence electrons. The summed E-state index contributed by atoms with van der Waals surface area (Å²) in [7, 11) is 0. The summed E-state index contributed by atoms with van der Waals surface area (Å²) >= 11 is 0. The monoisotopic (exact) mass is 248 g/mol. The number of likely N-dealkylation sites (tertiary alicyclic amines) is 1. The van der Waals surface area contributed by atoms with Crippen LogP contribution in [0.5, 0.6) is 0 Å². The Morgan fingerprint density at radius 3 is 3.11 bits per heavy atom. The molecule has 3 aliphatic rings. The molecule has 1 N–H and O–H groups in total. The van der Waals surface area contributed by atoms with Gasteiger partial charge in [-0.3, -0.25) is 0 Å². The minimum Gasteiger partial charge on any atom is -0.310 e. The molecule has 18 heavy (non-hydrogen) atoms. The van der Waals surface area contributed by atoms with Crippen LogP contribution >= 0.6 is 0 Å². The Morgan fingerprint density at radius 2 is 2.22 bits per heavy atom. The van der Waals surface area contributed by atoms with Crippen molar-refractivity contribution in [1.29, 1.82) is 0 Å². The molecule has 0 amide bonds.